The Hall–Kier alpha value is -2.78. The summed E-state index contributed by atoms with van der Waals surface area (Å²) in [6.45, 7) is 0. The molecule has 0 unspecified atom stereocenters. The second-order valence-corrected chi connectivity index (χ2v) is 4.78. The minimum atomic E-state index is -0.943. The molecule has 0 aromatic heterocycles. The molecule has 0 aliphatic carbocycles. The highest BCUT2D eigenvalue weighted by Crippen LogP contribution is 2.27. The maximum Gasteiger partial charge on any atom is 0.359 e. The predicted octanol–water partition coefficient (Wildman–Crippen LogP) is 0.915. The van der Waals surface area contributed by atoms with E-state index in [1.54, 1.807) is 0 Å². The van der Waals surface area contributed by atoms with Crippen molar-refractivity contribution in [2.24, 2.45) is 21.6 Å². The Kier molecular flexibility index (Phi) is 5.04. The number of benzene rings is 1. The number of nitrogens with zero attached hydrogens (tertiary/aromatic N) is 3. The second-order valence-electron chi connectivity index (χ2n) is 3.97. The zero-order chi connectivity index (χ0) is 17.0. The number of nitrogens with two attached hydrogens (primary N) is 2. The number of carbonyl (C=O) groups excluding carboxylic acids is 2. The van der Waals surface area contributed by atoms with E-state index in [9.17, 15) is 9.59 Å². The van der Waals surface area contributed by atoms with Gasteiger partial charge in [0.15, 0.2) is 0 Å². The first-order chi connectivity index (χ1) is 10.9. The van der Waals surface area contributed by atoms with Crippen LogP contribution in [0.15, 0.2) is 40.5 Å². The lowest BCUT2D eigenvalue weighted by Gasteiger charge is -2.21. The van der Waals surface area contributed by atoms with E-state index in [1.165, 1.54) is 18.2 Å². The van der Waals surface area contributed by atoms with Crippen LogP contribution in [0.1, 0.15) is 0 Å². The van der Waals surface area contributed by atoms with Crippen LogP contribution in [0, 0.1) is 0 Å². The summed E-state index contributed by atoms with van der Waals surface area (Å²) >= 11 is 11.7. The summed E-state index contributed by atoms with van der Waals surface area (Å²) in [5.74, 6) is -2.69. The fraction of sp³-hybridized carbons (Fsp3) is 0. The normalized spacial score (nSPS) is 21.9. The molecule has 23 heavy (non-hydrogen) atoms. The van der Waals surface area contributed by atoms with Gasteiger partial charge < -0.3 is 21.1 Å². The van der Waals surface area contributed by atoms with Crippen LogP contribution in [0.5, 0.6) is 0 Å². The van der Waals surface area contributed by atoms with Crippen LogP contribution in [0.25, 0.3) is 0 Å². The smallest absolute Gasteiger partial charge is 0.359 e. The molecule has 0 radical (unpaired) electrons. The minimum absolute atomic E-state index is 0.193. The van der Waals surface area contributed by atoms with Crippen molar-refractivity contribution in [1.29, 1.82) is 0 Å². The van der Waals surface area contributed by atoms with Crippen molar-refractivity contribution in [1.82, 2.24) is 0 Å². The van der Waals surface area contributed by atoms with Crippen LogP contribution >= 0.6 is 23.2 Å². The van der Waals surface area contributed by atoms with E-state index in [0.29, 0.717) is 0 Å². The Bertz CT molecular complexity index is 747. The molecule has 2 rings (SSSR count). The molecular formula is C12H9Cl2N5O4. The van der Waals surface area contributed by atoms with Crippen LogP contribution in [-0.4, -0.2) is 23.9 Å². The third kappa shape index (κ3) is 4.34. The predicted molar refractivity (Wildman–Crippen MR) is 83.5 cm³/mol. The van der Waals surface area contributed by atoms with Gasteiger partial charge >= 0.3 is 11.9 Å². The first kappa shape index (κ1) is 16.6. The van der Waals surface area contributed by atoms with Gasteiger partial charge in [-0.05, 0) is 23.4 Å². The molecule has 0 amide bonds. The van der Waals surface area contributed by atoms with E-state index in [1.807, 2.05) is 0 Å². The number of anilines is 1. The number of oxime groups is 1. The molecule has 0 atom stereocenters. The van der Waals surface area contributed by atoms with E-state index in [2.05, 4.69) is 15.0 Å². The summed E-state index contributed by atoms with van der Waals surface area (Å²) in [5, 5.41) is 4.55. The molecule has 0 saturated carbocycles. The number of rotatable bonds is 1. The Balaban J connectivity index is 2.46. The van der Waals surface area contributed by atoms with Gasteiger partial charge in [-0.2, -0.15) is 4.99 Å². The number of aliphatic imine (C=N–C) groups is 1. The molecular weight excluding hydrogens is 349 g/mol. The maximum absolute atomic E-state index is 11.7. The molecule has 1 heterocycles. The van der Waals surface area contributed by atoms with Gasteiger partial charge in [0.25, 0.3) is 5.96 Å². The highest BCUT2D eigenvalue weighted by Gasteiger charge is 2.18. The van der Waals surface area contributed by atoms with Crippen molar-refractivity contribution in [3.63, 3.8) is 0 Å². The summed E-state index contributed by atoms with van der Waals surface area (Å²) in [4.78, 5) is 36.0. The van der Waals surface area contributed by atoms with Gasteiger partial charge in [-0.1, -0.05) is 23.2 Å². The van der Waals surface area contributed by atoms with Gasteiger partial charge in [-0.25, -0.2) is 9.59 Å². The van der Waals surface area contributed by atoms with E-state index in [4.69, 9.17) is 39.5 Å². The molecule has 0 bridgehead atoms. The Labute approximate surface area is 139 Å². The number of carbonyl (C=O) groups is 2. The van der Waals surface area contributed by atoms with Gasteiger partial charge in [0.1, 0.15) is 0 Å². The van der Waals surface area contributed by atoms with Gasteiger partial charge in [0.05, 0.1) is 15.7 Å². The van der Waals surface area contributed by atoms with Gasteiger partial charge in [0.2, 0.25) is 5.96 Å². The van der Waals surface area contributed by atoms with Crippen molar-refractivity contribution >= 4 is 52.7 Å². The topological polar surface area (TPSA) is 133 Å². The van der Waals surface area contributed by atoms with E-state index in [-0.39, 0.29) is 21.7 Å². The molecule has 1 aromatic carbocycles. The minimum Gasteiger partial charge on any atom is -0.367 e. The molecule has 1 aliphatic heterocycles. The lowest BCUT2D eigenvalue weighted by molar-refractivity contribution is -0.140. The molecule has 1 aromatic rings. The molecule has 4 N–H and O–H groups in total. The number of guanidine groups is 2. The first-order valence-corrected chi connectivity index (χ1v) is 6.66. The summed E-state index contributed by atoms with van der Waals surface area (Å²) < 4.78 is 0. The summed E-state index contributed by atoms with van der Waals surface area (Å²) in [6.07, 6.45) is 1.62. The van der Waals surface area contributed by atoms with Crippen molar-refractivity contribution in [3.8, 4) is 0 Å². The third-order valence-corrected chi connectivity index (χ3v) is 3.08. The van der Waals surface area contributed by atoms with Gasteiger partial charge in [0, 0.05) is 12.2 Å². The highest BCUT2D eigenvalue weighted by molar-refractivity contribution is 6.42. The van der Waals surface area contributed by atoms with E-state index < -0.39 is 17.9 Å². The lowest BCUT2D eigenvalue weighted by atomic mass is 10.3. The Morgan fingerprint density at radius 2 is 1.74 bits per heavy atom. The van der Waals surface area contributed by atoms with Crippen LogP contribution < -0.4 is 16.5 Å². The van der Waals surface area contributed by atoms with Crippen molar-refractivity contribution in [3.05, 3.63) is 40.4 Å². The Morgan fingerprint density at radius 3 is 2.43 bits per heavy atom. The average Bonchev–Trinajstić information content (AvgIpc) is 2.52. The Morgan fingerprint density at radius 1 is 1.04 bits per heavy atom. The summed E-state index contributed by atoms with van der Waals surface area (Å²) in [7, 11) is 0. The van der Waals surface area contributed by atoms with Crippen molar-refractivity contribution in [2.45, 2.75) is 0 Å². The number of hydrogen-bond acceptors (Lipinski definition) is 9. The molecule has 9 nitrogen and oxygen atoms in total. The molecule has 1 aliphatic rings. The third-order valence-electron chi connectivity index (χ3n) is 2.34. The first-order valence-electron chi connectivity index (χ1n) is 5.90. The largest absolute Gasteiger partial charge is 0.367 e. The zero-order valence-corrected chi connectivity index (χ0v) is 12.8. The van der Waals surface area contributed by atoms with Crippen LogP contribution in [0.2, 0.25) is 10.0 Å². The lowest BCUT2D eigenvalue weighted by Crippen LogP contribution is -2.40. The van der Waals surface area contributed by atoms with E-state index >= 15 is 0 Å². The summed E-state index contributed by atoms with van der Waals surface area (Å²) in [5.41, 5.74) is 11.4. The maximum atomic E-state index is 11.7. The highest BCUT2D eigenvalue weighted by atomic mass is 35.5. The molecule has 11 heteroatoms. The number of hydrogen-bond donors (Lipinski definition) is 2. The van der Waals surface area contributed by atoms with Crippen molar-refractivity contribution in [2.75, 3.05) is 5.06 Å². The van der Waals surface area contributed by atoms with Gasteiger partial charge in [-0.15, -0.1) is 5.06 Å². The fourth-order valence-corrected chi connectivity index (χ4v) is 1.70. The molecule has 0 saturated heterocycles. The van der Waals surface area contributed by atoms with Crippen molar-refractivity contribution < 1.29 is 19.3 Å². The zero-order valence-electron chi connectivity index (χ0n) is 11.3. The van der Waals surface area contributed by atoms with Gasteiger partial charge in [-0.3, -0.25) is 0 Å². The SMILES string of the molecule is NC1=N\OC(=O)/C=C/C(=O)ON(c2ccc(Cl)c(Cl)c2)\C(N)=N\1. The van der Waals surface area contributed by atoms with Crippen LogP contribution in [-0.2, 0) is 19.3 Å². The number of halogens is 2. The average molecular weight is 358 g/mol. The summed E-state index contributed by atoms with van der Waals surface area (Å²) in [6, 6.07) is 4.32. The number of hydroxylamine groups is 1. The van der Waals surface area contributed by atoms with Crippen LogP contribution in [0.4, 0.5) is 5.69 Å². The van der Waals surface area contributed by atoms with E-state index in [0.717, 1.165) is 17.2 Å². The molecule has 0 fully saturated rings. The molecule has 0 spiro atoms. The second kappa shape index (κ2) is 6.99. The quantitative estimate of drug-likeness (QED) is 0.713. The monoisotopic (exact) mass is 357 g/mol. The van der Waals surface area contributed by atoms with Crippen LogP contribution in [0.3, 0.4) is 0 Å². The molecule has 120 valence electrons. The fourth-order valence-electron chi connectivity index (χ4n) is 1.40. The standard InChI is InChI=1S/C12H9Cl2N5O4/c13-7-2-1-6(5-8(7)14)19-12(16)17-11(15)18-22-9(20)3-4-10(21)23-19/h1-5H,(H4,15,16,17,18)/b4-3+.